The van der Waals surface area contributed by atoms with E-state index in [1.807, 2.05) is 0 Å². The van der Waals surface area contributed by atoms with Crippen LogP contribution in [0.2, 0.25) is 0 Å². The van der Waals surface area contributed by atoms with E-state index in [-0.39, 0.29) is 0 Å². The molecule has 3 unspecified atom stereocenters. The molecule has 0 spiro atoms. The summed E-state index contributed by atoms with van der Waals surface area (Å²) in [5.74, 6) is 1.64. The van der Waals surface area contributed by atoms with Crippen LogP contribution in [0, 0.1) is 11.8 Å². The molecule has 0 amide bonds. The van der Waals surface area contributed by atoms with Gasteiger partial charge in [0.05, 0.1) is 6.10 Å². The third-order valence-electron chi connectivity index (χ3n) is 4.09. The second-order valence-corrected chi connectivity index (χ2v) is 6.22. The van der Waals surface area contributed by atoms with Crippen LogP contribution in [0.1, 0.15) is 66.2 Å². The quantitative estimate of drug-likeness (QED) is 0.708. The summed E-state index contributed by atoms with van der Waals surface area (Å²) in [4.78, 5) is 0. The lowest BCUT2D eigenvalue weighted by Crippen LogP contribution is -2.45. The summed E-state index contributed by atoms with van der Waals surface area (Å²) in [6.45, 7) is 11.0. The first-order chi connectivity index (χ1) is 8.67. The van der Waals surface area contributed by atoms with Gasteiger partial charge in [-0.15, -0.1) is 0 Å². The highest BCUT2D eigenvalue weighted by molar-refractivity contribution is 4.85. The highest BCUT2D eigenvalue weighted by Gasteiger charge is 2.30. The molecule has 0 aromatic carbocycles. The molecule has 2 nitrogen and oxygen atoms in total. The normalized spacial score (nSPS) is 28.8. The zero-order chi connectivity index (χ0) is 13.4. The lowest BCUT2D eigenvalue weighted by Gasteiger charge is -2.36. The van der Waals surface area contributed by atoms with Gasteiger partial charge in [-0.25, -0.2) is 0 Å². The average Bonchev–Trinajstić information content (AvgIpc) is 2.32. The predicted octanol–water partition coefficient (Wildman–Crippen LogP) is 4.00. The molecule has 0 aromatic heterocycles. The van der Waals surface area contributed by atoms with Gasteiger partial charge < -0.3 is 10.1 Å². The molecule has 1 N–H and O–H groups in total. The van der Waals surface area contributed by atoms with Crippen molar-refractivity contribution < 1.29 is 4.74 Å². The van der Waals surface area contributed by atoms with Crippen LogP contribution in [0.25, 0.3) is 0 Å². The minimum absolute atomic E-state index is 0.453. The van der Waals surface area contributed by atoms with Crippen molar-refractivity contribution in [3.63, 3.8) is 0 Å². The SMILES string of the molecule is CCCC1CCC(NCC)C(OCCC(C)C)C1. The summed E-state index contributed by atoms with van der Waals surface area (Å²) in [6, 6.07) is 0.593. The lowest BCUT2D eigenvalue weighted by atomic mass is 9.81. The number of ether oxygens (including phenoxy) is 1. The van der Waals surface area contributed by atoms with Gasteiger partial charge in [-0.1, -0.05) is 40.5 Å². The summed E-state index contributed by atoms with van der Waals surface area (Å²) < 4.78 is 6.17. The average molecular weight is 255 g/mol. The second-order valence-electron chi connectivity index (χ2n) is 6.22. The van der Waals surface area contributed by atoms with Crippen molar-refractivity contribution in [2.75, 3.05) is 13.2 Å². The van der Waals surface area contributed by atoms with Crippen LogP contribution >= 0.6 is 0 Å². The second kappa shape index (κ2) is 8.92. The maximum atomic E-state index is 6.17. The highest BCUT2D eigenvalue weighted by Crippen LogP contribution is 2.30. The van der Waals surface area contributed by atoms with Gasteiger partial charge in [-0.3, -0.25) is 0 Å². The molecule has 1 fully saturated rings. The Morgan fingerprint density at radius 1 is 1.22 bits per heavy atom. The molecule has 108 valence electrons. The molecule has 0 heterocycles. The van der Waals surface area contributed by atoms with E-state index in [4.69, 9.17) is 4.74 Å². The van der Waals surface area contributed by atoms with E-state index in [9.17, 15) is 0 Å². The molecular weight excluding hydrogens is 222 g/mol. The molecule has 1 aliphatic rings. The number of hydrogen-bond donors (Lipinski definition) is 1. The van der Waals surface area contributed by atoms with Crippen molar-refractivity contribution in [3.8, 4) is 0 Å². The summed E-state index contributed by atoms with van der Waals surface area (Å²) in [6.07, 6.45) is 8.28. The Labute approximate surface area is 114 Å². The molecule has 18 heavy (non-hydrogen) atoms. The molecule has 1 saturated carbocycles. The zero-order valence-electron chi connectivity index (χ0n) is 12.9. The number of hydrogen-bond acceptors (Lipinski definition) is 2. The van der Waals surface area contributed by atoms with Crippen LogP contribution in [0.4, 0.5) is 0 Å². The van der Waals surface area contributed by atoms with E-state index in [1.54, 1.807) is 0 Å². The minimum atomic E-state index is 0.453. The van der Waals surface area contributed by atoms with Crippen molar-refractivity contribution in [1.29, 1.82) is 0 Å². The van der Waals surface area contributed by atoms with Crippen LogP contribution in [0.15, 0.2) is 0 Å². The Morgan fingerprint density at radius 3 is 2.61 bits per heavy atom. The first kappa shape index (κ1) is 16.0. The molecule has 0 saturated heterocycles. The summed E-state index contributed by atoms with van der Waals surface area (Å²) in [7, 11) is 0. The predicted molar refractivity (Wildman–Crippen MR) is 78.9 cm³/mol. The molecule has 1 rings (SSSR count). The molecule has 0 radical (unpaired) electrons. The van der Waals surface area contributed by atoms with Gasteiger partial charge >= 0.3 is 0 Å². The smallest absolute Gasteiger partial charge is 0.0730 e. The van der Waals surface area contributed by atoms with Gasteiger partial charge in [-0.2, -0.15) is 0 Å². The van der Waals surface area contributed by atoms with Crippen LogP contribution in [0.5, 0.6) is 0 Å². The zero-order valence-corrected chi connectivity index (χ0v) is 12.9. The standard InChI is InChI=1S/C16H33NO/c1-5-7-14-8-9-15(17-6-2)16(12-14)18-11-10-13(3)4/h13-17H,5-12H2,1-4H3. The maximum Gasteiger partial charge on any atom is 0.0730 e. The third-order valence-corrected chi connectivity index (χ3v) is 4.09. The van der Waals surface area contributed by atoms with E-state index in [2.05, 4.69) is 33.0 Å². The van der Waals surface area contributed by atoms with Gasteiger partial charge in [0, 0.05) is 12.6 Å². The van der Waals surface area contributed by atoms with Gasteiger partial charge in [-0.05, 0) is 44.1 Å². The third kappa shape index (κ3) is 5.71. The Balaban J connectivity index is 2.38. The van der Waals surface area contributed by atoms with E-state index < -0.39 is 0 Å². The van der Waals surface area contributed by atoms with Crippen molar-refractivity contribution in [2.24, 2.45) is 11.8 Å². The van der Waals surface area contributed by atoms with E-state index in [1.165, 1.54) is 38.5 Å². The fraction of sp³-hybridized carbons (Fsp3) is 1.00. The molecule has 0 bridgehead atoms. The first-order valence-corrected chi connectivity index (χ1v) is 8.02. The van der Waals surface area contributed by atoms with Crippen LogP contribution in [-0.4, -0.2) is 25.3 Å². The monoisotopic (exact) mass is 255 g/mol. The summed E-state index contributed by atoms with van der Waals surface area (Å²) in [5, 5.41) is 3.61. The topological polar surface area (TPSA) is 21.3 Å². The van der Waals surface area contributed by atoms with Gasteiger partial charge in [0.2, 0.25) is 0 Å². The van der Waals surface area contributed by atoms with Crippen molar-refractivity contribution in [3.05, 3.63) is 0 Å². The first-order valence-electron chi connectivity index (χ1n) is 8.02. The Bertz CT molecular complexity index is 205. The van der Waals surface area contributed by atoms with E-state index >= 15 is 0 Å². The Kier molecular flexibility index (Phi) is 7.92. The molecule has 0 aliphatic heterocycles. The van der Waals surface area contributed by atoms with Gasteiger partial charge in [0.1, 0.15) is 0 Å². The summed E-state index contributed by atoms with van der Waals surface area (Å²) in [5.41, 5.74) is 0. The lowest BCUT2D eigenvalue weighted by molar-refractivity contribution is -0.0147. The summed E-state index contributed by atoms with van der Waals surface area (Å²) >= 11 is 0. The molecule has 3 atom stereocenters. The van der Waals surface area contributed by atoms with Crippen LogP contribution < -0.4 is 5.32 Å². The Morgan fingerprint density at radius 2 is 2.00 bits per heavy atom. The van der Waals surface area contributed by atoms with E-state index in [0.717, 1.165) is 25.0 Å². The van der Waals surface area contributed by atoms with Gasteiger partial charge in [0.15, 0.2) is 0 Å². The maximum absolute atomic E-state index is 6.17. The Hall–Kier alpha value is -0.0800. The minimum Gasteiger partial charge on any atom is -0.377 e. The van der Waals surface area contributed by atoms with Crippen molar-refractivity contribution in [2.45, 2.75) is 78.4 Å². The van der Waals surface area contributed by atoms with Crippen LogP contribution in [-0.2, 0) is 4.74 Å². The number of rotatable bonds is 8. The van der Waals surface area contributed by atoms with Gasteiger partial charge in [0.25, 0.3) is 0 Å². The molecule has 1 aliphatic carbocycles. The highest BCUT2D eigenvalue weighted by atomic mass is 16.5. The van der Waals surface area contributed by atoms with Crippen molar-refractivity contribution in [1.82, 2.24) is 5.32 Å². The fourth-order valence-corrected chi connectivity index (χ4v) is 3.02. The molecular formula is C16H33NO. The molecule has 2 heteroatoms. The fourth-order valence-electron chi connectivity index (χ4n) is 3.02. The van der Waals surface area contributed by atoms with Crippen molar-refractivity contribution >= 4 is 0 Å². The largest absolute Gasteiger partial charge is 0.377 e. The molecule has 0 aromatic rings. The number of nitrogens with one attached hydrogen (secondary N) is 1. The number of likely N-dealkylation sites (N-methyl/N-ethyl adjacent to an activating group) is 1. The van der Waals surface area contributed by atoms with Crippen LogP contribution in [0.3, 0.4) is 0 Å². The van der Waals surface area contributed by atoms with E-state index in [0.29, 0.717) is 12.1 Å².